The van der Waals surface area contributed by atoms with Crippen LogP contribution in [0, 0.1) is 0 Å². The highest BCUT2D eigenvalue weighted by atomic mass is 16.8. The number of aliphatic hydroxyl groups excluding tert-OH is 11. The van der Waals surface area contributed by atoms with Gasteiger partial charge in [-0.15, -0.1) is 0 Å². The molecule has 0 bridgehead atoms. The summed E-state index contributed by atoms with van der Waals surface area (Å²) in [5.41, 5.74) is 0. The minimum absolute atomic E-state index is 0.234. The van der Waals surface area contributed by atoms with Gasteiger partial charge in [-0.25, -0.2) is 0 Å². The molecule has 0 aromatic heterocycles. The van der Waals surface area contributed by atoms with Gasteiger partial charge in [0, 0.05) is 6.42 Å². The number of ether oxygens (including phenoxy) is 6. The fourth-order valence-electron chi connectivity index (χ4n) is 14.9. The summed E-state index contributed by atoms with van der Waals surface area (Å²) in [5, 5.41) is 121. The summed E-state index contributed by atoms with van der Waals surface area (Å²) in [5.74, 6) is -0.234. The molecule has 3 fully saturated rings. The molecule has 12 N–H and O–H groups in total. The first-order valence-electron chi connectivity index (χ1n) is 43.1. The zero-order valence-electron chi connectivity index (χ0n) is 65.3. The Hall–Kier alpha value is -1.73. The van der Waals surface area contributed by atoms with Gasteiger partial charge in [0.05, 0.1) is 38.6 Å². The summed E-state index contributed by atoms with van der Waals surface area (Å²) < 4.78 is 34.6. The Balaban J connectivity index is 1.33. The van der Waals surface area contributed by atoms with E-state index in [4.69, 9.17) is 28.4 Å². The predicted octanol–water partition coefficient (Wildman–Crippen LogP) is 15.3. The lowest BCUT2D eigenvalue weighted by molar-refractivity contribution is -0.379. The Kier molecular flexibility index (Phi) is 60.3. The molecule has 0 saturated carbocycles. The van der Waals surface area contributed by atoms with Crippen LogP contribution in [0.4, 0.5) is 0 Å². The summed E-state index contributed by atoms with van der Waals surface area (Å²) in [6, 6.07) is -0.886. The van der Waals surface area contributed by atoms with E-state index >= 15 is 0 Å². The first-order chi connectivity index (χ1) is 50.3. The fourth-order valence-corrected chi connectivity index (χ4v) is 14.9. The van der Waals surface area contributed by atoms with E-state index in [1.54, 1.807) is 0 Å². The Morgan fingerprint density at radius 1 is 0.350 bits per heavy atom. The number of carbonyl (C=O) groups is 1. The lowest BCUT2D eigenvalue weighted by atomic mass is 9.96. The number of rotatable bonds is 70. The largest absolute Gasteiger partial charge is 0.394 e. The number of amides is 1. The van der Waals surface area contributed by atoms with Crippen LogP contribution in [0.5, 0.6) is 0 Å². The molecule has 608 valence electrons. The third-order valence-electron chi connectivity index (χ3n) is 21.8. The standard InChI is InChI=1S/C84H159NO18/c1-3-5-7-9-11-13-15-17-19-21-23-25-27-29-30-31-32-33-34-35-36-38-40-42-44-46-48-50-52-54-56-58-60-62-72(90)85-67(68(89)61-59-57-55-53-51-49-47-45-43-41-39-37-28-26-24-22-20-18-16-14-12-10-8-6-4-2)66-98-82-78(96)75(93)80(70(64-87)100-82)103-84-79(97)76(94)81(71(65-88)101-84)102-83-77(95)74(92)73(91)69(63-86)99-83/h15,17,21,23,67-71,73-84,86-89,91-97H,3-14,16,18-20,22,24-66H2,1-2H3,(H,85,90)/b17-15-,23-21-. The van der Waals surface area contributed by atoms with Crippen LogP contribution in [0.1, 0.15) is 373 Å². The highest BCUT2D eigenvalue weighted by molar-refractivity contribution is 5.76. The molecule has 3 aliphatic rings. The fraction of sp³-hybridized carbons (Fsp3) is 0.940. The molecule has 19 nitrogen and oxygen atoms in total. The maximum atomic E-state index is 13.5. The molecule has 103 heavy (non-hydrogen) atoms. The molecule has 17 unspecified atom stereocenters. The zero-order chi connectivity index (χ0) is 74.6. The first-order valence-corrected chi connectivity index (χ1v) is 43.1. The maximum absolute atomic E-state index is 13.5. The van der Waals surface area contributed by atoms with E-state index in [1.807, 2.05) is 0 Å². The summed E-state index contributed by atoms with van der Waals surface area (Å²) in [6.07, 6.45) is 52.8. The second-order valence-electron chi connectivity index (χ2n) is 31.0. The molecule has 3 aliphatic heterocycles. The molecule has 0 aliphatic carbocycles. The van der Waals surface area contributed by atoms with Gasteiger partial charge in [-0.2, -0.15) is 0 Å². The van der Waals surface area contributed by atoms with E-state index in [-0.39, 0.29) is 18.9 Å². The molecule has 17 atom stereocenters. The minimum atomic E-state index is -1.97. The van der Waals surface area contributed by atoms with E-state index in [9.17, 15) is 61.0 Å². The second kappa shape index (κ2) is 65.0. The summed E-state index contributed by atoms with van der Waals surface area (Å²) >= 11 is 0. The van der Waals surface area contributed by atoms with Crippen LogP contribution in [0.3, 0.4) is 0 Å². The van der Waals surface area contributed by atoms with Crippen molar-refractivity contribution in [1.82, 2.24) is 5.32 Å². The number of hydrogen-bond acceptors (Lipinski definition) is 18. The highest BCUT2D eigenvalue weighted by Crippen LogP contribution is 2.34. The lowest BCUT2D eigenvalue weighted by Gasteiger charge is -2.48. The quantitative estimate of drug-likeness (QED) is 0.0199. The van der Waals surface area contributed by atoms with Crippen LogP contribution in [-0.2, 0) is 33.2 Å². The molecule has 3 rings (SSSR count). The van der Waals surface area contributed by atoms with Crippen LogP contribution in [0.2, 0.25) is 0 Å². The van der Waals surface area contributed by atoms with Crippen LogP contribution in [-0.4, -0.2) is 193 Å². The molecular formula is C84H159NO18. The Labute approximate surface area is 626 Å². The van der Waals surface area contributed by atoms with E-state index in [0.717, 1.165) is 51.4 Å². The normalized spacial score (nSPS) is 26.1. The van der Waals surface area contributed by atoms with E-state index < -0.39 is 124 Å². The van der Waals surface area contributed by atoms with Gasteiger partial charge in [0.2, 0.25) is 5.91 Å². The molecule has 3 heterocycles. The van der Waals surface area contributed by atoms with E-state index in [2.05, 4.69) is 43.5 Å². The SMILES string of the molecule is CCCCCCC/C=C\C/C=C\CCCCCCCCCCCCCCCCCCCCCCCC(=O)NC(COC1OC(CO)C(OC2OC(CO)C(OC3OC(CO)C(O)C(O)C3O)C(O)C2O)C(O)C1O)C(O)CCCCCCCCCCCCCCCCCCCCCCCCCCC. The molecule has 19 heteroatoms. The van der Waals surface area contributed by atoms with Crippen molar-refractivity contribution in [1.29, 1.82) is 0 Å². The van der Waals surface area contributed by atoms with Gasteiger partial charge in [0.25, 0.3) is 0 Å². The van der Waals surface area contributed by atoms with E-state index in [0.29, 0.717) is 12.8 Å². The molecule has 3 saturated heterocycles. The summed E-state index contributed by atoms with van der Waals surface area (Å²) in [4.78, 5) is 13.5. The van der Waals surface area contributed by atoms with E-state index in [1.165, 1.54) is 289 Å². The van der Waals surface area contributed by atoms with Crippen molar-refractivity contribution >= 4 is 5.91 Å². The van der Waals surface area contributed by atoms with Gasteiger partial charge < -0.3 is 89.9 Å². The number of hydrogen-bond donors (Lipinski definition) is 12. The van der Waals surface area contributed by atoms with Crippen molar-refractivity contribution in [3.05, 3.63) is 24.3 Å². The average molecular weight is 1470 g/mol. The Morgan fingerprint density at radius 3 is 0.990 bits per heavy atom. The van der Waals surface area contributed by atoms with Crippen LogP contribution < -0.4 is 5.32 Å². The average Bonchev–Trinajstić information content (AvgIpc) is 0.781. The Morgan fingerprint density at radius 2 is 0.641 bits per heavy atom. The van der Waals surface area contributed by atoms with Crippen molar-refractivity contribution < 1.29 is 89.4 Å². The van der Waals surface area contributed by atoms with Gasteiger partial charge in [0.1, 0.15) is 73.2 Å². The first kappa shape index (κ1) is 95.5. The molecular weight excluding hydrogens is 1310 g/mol. The molecule has 0 radical (unpaired) electrons. The van der Waals surface area contributed by atoms with Gasteiger partial charge in [-0.05, 0) is 44.9 Å². The van der Waals surface area contributed by atoms with Gasteiger partial charge >= 0.3 is 0 Å². The van der Waals surface area contributed by atoms with Crippen molar-refractivity contribution in [2.24, 2.45) is 0 Å². The van der Waals surface area contributed by atoms with Crippen molar-refractivity contribution in [3.8, 4) is 0 Å². The monoisotopic (exact) mass is 1470 g/mol. The second-order valence-corrected chi connectivity index (χ2v) is 31.0. The van der Waals surface area contributed by atoms with Crippen LogP contribution >= 0.6 is 0 Å². The number of aliphatic hydroxyl groups is 11. The molecule has 0 aromatic carbocycles. The van der Waals surface area contributed by atoms with Crippen molar-refractivity contribution in [2.75, 3.05) is 26.4 Å². The predicted molar refractivity (Wildman–Crippen MR) is 411 cm³/mol. The summed E-state index contributed by atoms with van der Waals surface area (Å²) in [7, 11) is 0. The van der Waals surface area contributed by atoms with Crippen LogP contribution in [0.15, 0.2) is 24.3 Å². The third kappa shape index (κ3) is 44.6. The summed E-state index contributed by atoms with van der Waals surface area (Å²) in [6.45, 7) is 1.86. The number of allylic oxidation sites excluding steroid dienone is 4. The smallest absolute Gasteiger partial charge is 0.220 e. The van der Waals surface area contributed by atoms with Crippen LogP contribution in [0.25, 0.3) is 0 Å². The third-order valence-corrected chi connectivity index (χ3v) is 21.8. The number of nitrogens with one attached hydrogen (secondary N) is 1. The Bertz CT molecular complexity index is 1950. The molecule has 0 spiro atoms. The molecule has 0 aromatic rings. The highest BCUT2D eigenvalue weighted by Gasteiger charge is 2.54. The maximum Gasteiger partial charge on any atom is 0.220 e. The van der Waals surface area contributed by atoms with Crippen molar-refractivity contribution in [2.45, 2.75) is 478 Å². The molecule has 1 amide bonds. The topological polar surface area (TPSA) is 307 Å². The minimum Gasteiger partial charge on any atom is -0.394 e. The van der Waals surface area contributed by atoms with Crippen molar-refractivity contribution in [3.63, 3.8) is 0 Å². The number of unbranched alkanes of at least 4 members (excludes halogenated alkanes) is 50. The zero-order valence-corrected chi connectivity index (χ0v) is 65.3. The van der Waals surface area contributed by atoms with Gasteiger partial charge in [0.15, 0.2) is 18.9 Å². The lowest BCUT2D eigenvalue weighted by Crippen LogP contribution is -2.66. The van der Waals surface area contributed by atoms with Gasteiger partial charge in [-0.3, -0.25) is 4.79 Å². The number of carbonyl (C=O) groups excluding carboxylic acids is 1. The van der Waals surface area contributed by atoms with Gasteiger partial charge in [-0.1, -0.05) is 346 Å².